The lowest BCUT2D eigenvalue weighted by Crippen LogP contribution is -2.23. The van der Waals surface area contributed by atoms with Crippen molar-refractivity contribution < 1.29 is 23.3 Å². The highest BCUT2D eigenvalue weighted by molar-refractivity contribution is 6.03. The van der Waals surface area contributed by atoms with Crippen LogP contribution in [0, 0.1) is 0 Å². The van der Waals surface area contributed by atoms with Gasteiger partial charge in [0.1, 0.15) is 6.61 Å². The number of rotatable bonds is 4. The smallest absolute Gasteiger partial charge is 0.414 e. The number of nitrogens with one attached hydrogen (secondary N) is 1. The van der Waals surface area contributed by atoms with Gasteiger partial charge in [-0.05, 0) is 36.4 Å². The van der Waals surface area contributed by atoms with Crippen molar-refractivity contribution in [3.63, 3.8) is 0 Å². The van der Waals surface area contributed by atoms with Crippen LogP contribution in [0.5, 0.6) is 0 Å². The Morgan fingerprint density at radius 1 is 1.16 bits per heavy atom. The van der Waals surface area contributed by atoms with Gasteiger partial charge in [0.05, 0.1) is 12.8 Å². The molecule has 2 aromatic heterocycles. The molecule has 1 aromatic carbocycles. The zero-order valence-corrected chi connectivity index (χ0v) is 13.0. The van der Waals surface area contributed by atoms with Crippen molar-refractivity contribution >= 4 is 23.4 Å². The van der Waals surface area contributed by atoms with Gasteiger partial charge in [0.25, 0.3) is 5.91 Å². The first-order chi connectivity index (χ1) is 12.2. The monoisotopic (exact) mass is 339 g/mol. The molecule has 1 fully saturated rings. The molecule has 126 valence electrons. The van der Waals surface area contributed by atoms with Crippen LogP contribution < -0.4 is 10.2 Å². The van der Waals surface area contributed by atoms with Crippen LogP contribution in [0.15, 0.2) is 57.7 Å². The highest BCUT2D eigenvalue weighted by Crippen LogP contribution is 2.23. The molecule has 0 radical (unpaired) electrons. The first-order valence-electron chi connectivity index (χ1n) is 7.57. The number of benzene rings is 1. The van der Waals surface area contributed by atoms with Crippen LogP contribution in [0.2, 0.25) is 0 Å². The number of carbonyl (C=O) groups is 2. The largest absolute Gasteiger partial charge is 0.461 e. The topological polar surface area (TPSA) is 97.8 Å². The normalized spacial score (nSPS) is 13.8. The van der Waals surface area contributed by atoms with E-state index in [1.807, 2.05) is 0 Å². The van der Waals surface area contributed by atoms with E-state index in [0.29, 0.717) is 36.0 Å². The maximum absolute atomic E-state index is 12.2. The van der Waals surface area contributed by atoms with E-state index in [0.717, 1.165) is 0 Å². The van der Waals surface area contributed by atoms with Gasteiger partial charge in [0, 0.05) is 17.4 Å². The molecule has 3 heterocycles. The molecule has 0 atom stereocenters. The molecule has 4 rings (SSSR count). The van der Waals surface area contributed by atoms with Crippen LogP contribution in [-0.2, 0) is 4.74 Å². The number of ether oxygens (including phenoxy) is 1. The predicted molar refractivity (Wildman–Crippen MR) is 87.3 cm³/mol. The molecule has 1 aliphatic rings. The van der Waals surface area contributed by atoms with Crippen molar-refractivity contribution in [2.75, 3.05) is 23.4 Å². The van der Waals surface area contributed by atoms with Crippen LogP contribution >= 0.6 is 0 Å². The molecule has 0 bridgehead atoms. The zero-order valence-electron chi connectivity index (χ0n) is 13.0. The van der Waals surface area contributed by atoms with Crippen molar-refractivity contribution in [3.05, 3.63) is 54.4 Å². The minimum absolute atomic E-state index is 0.138. The SMILES string of the molecule is O=C(Nc1ccc(N2CCOC2=O)cc1)c1cc(-c2ccco2)on1. The lowest BCUT2D eigenvalue weighted by molar-refractivity contribution is 0.101. The summed E-state index contributed by atoms with van der Waals surface area (Å²) >= 11 is 0. The fourth-order valence-electron chi connectivity index (χ4n) is 2.46. The van der Waals surface area contributed by atoms with Gasteiger partial charge >= 0.3 is 6.09 Å². The molecule has 0 unspecified atom stereocenters. The number of furan rings is 1. The average Bonchev–Trinajstić information content (AvgIpc) is 3.36. The van der Waals surface area contributed by atoms with Gasteiger partial charge in [0.15, 0.2) is 11.5 Å². The second kappa shape index (κ2) is 6.16. The van der Waals surface area contributed by atoms with Gasteiger partial charge in [-0.25, -0.2) is 4.79 Å². The van der Waals surface area contributed by atoms with Crippen molar-refractivity contribution in [2.45, 2.75) is 0 Å². The summed E-state index contributed by atoms with van der Waals surface area (Å²) < 4.78 is 15.2. The number of nitrogens with zero attached hydrogens (tertiary/aromatic N) is 2. The highest BCUT2D eigenvalue weighted by Gasteiger charge is 2.23. The molecule has 8 nitrogen and oxygen atoms in total. The van der Waals surface area contributed by atoms with Gasteiger partial charge in [-0.15, -0.1) is 0 Å². The molecule has 3 aromatic rings. The fraction of sp³-hybridized carbons (Fsp3) is 0.118. The van der Waals surface area contributed by atoms with Crippen LogP contribution in [0.4, 0.5) is 16.2 Å². The number of amides is 2. The Kier molecular flexibility index (Phi) is 3.70. The number of cyclic esters (lactones) is 1. The molecule has 1 N–H and O–H groups in total. The molecule has 25 heavy (non-hydrogen) atoms. The van der Waals surface area contributed by atoms with Gasteiger partial charge < -0.3 is 19.0 Å². The molecule has 1 saturated heterocycles. The third kappa shape index (κ3) is 2.97. The summed E-state index contributed by atoms with van der Waals surface area (Å²) in [5.74, 6) is 0.460. The summed E-state index contributed by atoms with van der Waals surface area (Å²) in [5, 5.41) is 6.46. The van der Waals surface area contributed by atoms with E-state index < -0.39 is 5.91 Å². The van der Waals surface area contributed by atoms with Gasteiger partial charge in [0.2, 0.25) is 5.76 Å². The van der Waals surface area contributed by atoms with Crippen LogP contribution in [0.3, 0.4) is 0 Å². The average molecular weight is 339 g/mol. The maximum Gasteiger partial charge on any atom is 0.414 e. The van der Waals surface area contributed by atoms with Gasteiger partial charge in [-0.3, -0.25) is 9.69 Å². The predicted octanol–water partition coefficient (Wildman–Crippen LogP) is 3.14. The second-order valence-corrected chi connectivity index (χ2v) is 5.32. The first-order valence-corrected chi connectivity index (χ1v) is 7.57. The van der Waals surface area contributed by atoms with Gasteiger partial charge in [-0.2, -0.15) is 0 Å². The molecule has 2 amide bonds. The van der Waals surface area contributed by atoms with Gasteiger partial charge in [-0.1, -0.05) is 5.16 Å². The molecular weight excluding hydrogens is 326 g/mol. The number of anilines is 2. The Hall–Kier alpha value is -3.55. The van der Waals surface area contributed by atoms with E-state index in [1.165, 1.54) is 17.2 Å². The summed E-state index contributed by atoms with van der Waals surface area (Å²) in [5.41, 5.74) is 1.42. The van der Waals surface area contributed by atoms with Crippen molar-refractivity contribution in [1.82, 2.24) is 5.16 Å². The maximum atomic E-state index is 12.2. The quantitative estimate of drug-likeness (QED) is 0.784. The number of hydrogen-bond acceptors (Lipinski definition) is 6. The van der Waals surface area contributed by atoms with Crippen molar-refractivity contribution in [1.29, 1.82) is 0 Å². The van der Waals surface area contributed by atoms with Crippen molar-refractivity contribution in [2.24, 2.45) is 0 Å². The second-order valence-electron chi connectivity index (χ2n) is 5.32. The fourth-order valence-corrected chi connectivity index (χ4v) is 2.46. The first kappa shape index (κ1) is 15.0. The standard InChI is InChI=1S/C17H13N3O5/c21-16(13-10-15(25-19-13)14-2-1-8-23-14)18-11-3-5-12(6-4-11)20-7-9-24-17(20)22/h1-6,8,10H,7,9H2,(H,18,21). The van der Waals surface area contributed by atoms with E-state index >= 15 is 0 Å². The summed E-state index contributed by atoms with van der Waals surface area (Å²) in [6.45, 7) is 0.889. The Labute approximate surface area is 142 Å². The molecule has 0 saturated carbocycles. The lowest BCUT2D eigenvalue weighted by atomic mass is 10.2. The van der Waals surface area contributed by atoms with E-state index in [2.05, 4.69) is 10.5 Å². The zero-order chi connectivity index (χ0) is 17.2. The third-order valence-electron chi connectivity index (χ3n) is 3.70. The van der Waals surface area contributed by atoms with Crippen molar-refractivity contribution in [3.8, 4) is 11.5 Å². The van der Waals surface area contributed by atoms with Crippen LogP contribution in [0.1, 0.15) is 10.5 Å². The molecule has 0 aliphatic carbocycles. The Morgan fingerprint density at radius 2 is 2.00 bits per heavy atom. The summed E-state index contributed by atoms with van der Waals surface area (Å²) in [6, 6.07) is 11.8. The Bertz CT molecular complexity index is 899. The molecular formula is C17H13N3O5. The summed E-state index contributed by atoms with van der Waals surface area (Å²) in [4.78, 5) is 25.3. The Morgan fingerprint density at radius 3 is 2.68 bits per heavy atom. The highest BCUT2D eigenvalue weighted by atomic mass is 16.6. The minimum atomic E-state index is -0.408. The lowest BCUT2D eigenvalue weighted by Gasteiger charge is -2.13. The van der Waals surface area contributed by atoms with Crippen LogP contribution in [-0.4, -0.2) is 30.3 Å². The third-order valence-corrected chi connectivity index (χ3v) is 3.70. The van der Waals surface area contributed by atoms with E-state index in [1.54, 1.807) is 36.4 Å². The van der Waals surface area contributed by atoms with E-state index in [-0.39, 0.29) is 11.8 Å². The molecule has 0 spiro atoms. The van der Waals surface area contributed by atoms with Crippen LogP contribution in [0.25, 0.3) is 11.5 Å². The molecule has 8 heteroatoms. The summed E-state index contributed by atoms with van der Waals surface area (Å²) in [7, 11) is 0. The van der Waals surface area contributed by atoms with E-state index in [4.69, 9.17) is 13.7 Å². The number of carbonyl (C=O) groups excluding carboxylic acids is 2. The summed E-state index contributed by atoms with van der Waals surface area (Å²) in [6.07, 6.45) is 1.14. The number of aromatic nitrogens is 1. The Balaban J connectivity index is 1.45. The molecule has 1 aliphatic heterocycles. The minimum Gasteiger partial charge on any atom is -0.461 e. The van der Waals surface area contributed by atoms with E-state index in [9.17, 15) is 9.59 Å². The number of hydrogen-bond donors (Lipinski definition) is 1.